The van der Waals surface area contributed by atoms with Gasteiger partial charge in [0.25, 0.3) is 0 Å². The van der Waals surface area contributed by atoms with Crippen LogP contribution in [-0.4, -0.2) is 59.1 Å². The molecule has 1 saturated carbocycles. The maximum atomic E-state index is 3.00. The average Bonchev–Trinajstić information content (AvgIpc) is 3.18. The van der Waals surface area contributed by atoms with Crippen LogP contribution >= 0.6 is 11.8 Å². The fourth-order valence-corrected chi connectivity index (χ4v) is 6.64. The Morgan fingerprint density at radius 2 is 1.70 bits per heavy atom. The van der Waals surface area contributed by atoms with E-state index in [9.17, 15) is 0 Å². The Morgan fingerprint density at radius 3 is 2.50 bits per heavy atom. The molecular formula is C17H30N2S. The Bertz CT molecular complexity index is 323. The summed E-state index contributed by atoms with van der Waals surface area (Å²) in [6.07, 6.45) is 11.9. The number of hydrogen-bond donors (Lipinski definition) is 0. The van der Waals surface area contributed by atoms with Gasteiger partial charge in [-0.25, -0.2) is 0 Å². The van der Waals surface area contributed by atoms with Crippen LogP contribution < -0.4 is 0 Å². The zero-order valence-corrected chi connectivity index (χ0v) is 13.6. The van der Waals surface area contributed by atoms with E-state index in [1.807, 2.05) is 0 Å². The third kappa shape index (κ3) is 2.55. The minimum Gasteiger partial charge on any atom is -0.298 e. The van der Waals surface area contributed by atoms with Gasteiger partial charge in [0.15, 0.2) is 0 Å². The lowest BCUT2D eigenvalue weighted by Gasteiger charge is -2.51. The molecule has 0 amide bonds. The van der Waals surface area contributed by atoms with Crippen LogP contribution in [0.25, 0.3) is 0 Å². The molecule has 0 unspecified atom stereocenters. The van der Waals surface area contributed by atoms with Crippen molar-refractivity contribution in [2.45, 2.75) is 69.5 Å². The molecule has 0 aromatic carbocycles. The maximum Gasteiger partial charge on any atom is 0.0283 e. The molecule has 4 fully saturated rings. The smallest absolute Gasteiger partial charge is 0.0283 e. The molecule has 1 aliphatic carbocycles. The number of piperazine rings is 1. The second kappa shape index (κ2) is 6.18. The van der Waals surface area contributed by atoms with Gasteiger partial charge < -0.3 is 0 Å². The zero-order chi connectivity index (χ0) is 13.4. The first kappa shape index (κ1) is 13.9. The number of thioether (sulfide) groups is 1. The van der Waals surface area contributed by atoms with E-state index in [0.29, 0.717) is 0 Å². The standard InChI is InChI=1S/C17H30N2S/c1-2-5-14(6-3-1)17-16-7-4-9-18(16)10-11-19(17)15-8-12-20-13-15/h14-17H,1-13H2/t15-,16-,17+/m1/s1. The second-order valence-electron chi connectivity index (χ2n) is 7.39. The van der Waals surface area contributed by atoms with Gasteiger partial charge in [-0.05, 0) is 50.3 Å². The molecule has 3 heteroatoms. The van der Waals surface area contributed by atoms with Gasteiger partial charge in [-0.2, -0.15) is 11.8 Å². The summed E-state index contributed by atoms with van der Waals surface area (Å²) in [6.45, 7) is 4.11. The molecule has 4 rings (SSSR count). The molecule has 3 atom stereocenters. The minimum absolute atomic E-state index is 0.912. The Hall–Kier alpha value is 0.270. The Balaban J connectivity index is 1.55. The van der Waals surface area contributed by atoms with E-state index < -0.39 is 0 Å². The minimum atomic E-state index is 0.912. The normalized spacial score (nSPS) is 41.1. The molecule has 3 saturated heterocycles. The van der Waals surface area contributed by atoms with Crippen LogP contribution in [0.5, 0.6) is 0 Å². The SMILES string of the molecule is C1CCC([C@H]2[C@H]3CCCN3CCN2[C@@H]2CCSC2)CC1. The summed E-state index contributed by atoms with van der Waals surface area (Å²) in [7, 11) is 0. The highest BCUT2D eigenvalue weighted by Crippen LogP contribution is 2.39. The van der Waals surface area contributed by atoms with Gasteiger partial charge in [-0.15, -0.1) is 0 Å². The fourth-order valence-electron chi connectivity index (χ4n) is 5.40. The van der Waals surface area contributed by atoms with Crippen LogP contribution in [0.4, 0.5) is 0 Å². The first-order valence-electron chi connectivity index (χ1n) is 9.01. The van der Waals surface area contributed by atoms with Gasteiger partial charge in [-0.3, -0.25) is 9.80 Å². The predicted octanol–water partition coefficient (Wildman–Crippen LogP) is 3.22. The number of hydrogen-bond acceptors (Lipinski definition) is 3. The summed E-state index contributed by atoms with van der Waals surface area (Å²) in [6, 6.07) is 2.74. The number of fused-ring (bicyclic) bond motifs is 1. The molecular weight excluding hydrogens is 264 g/mol. The van der Waals surface area contributed by atoms with Crippen molar-refractivity contribution in [2.24, 2.45) is 5.92 Å². The van der Waals surface area contributed by atoms with Crippen molar-refractivity contribution in [3.05, 3.63) is 0 Å². The van der Waals surface area contributed by atoms with Crippen LogP contribution in [0.1, 0.15) is 51.4 Å². The maximum absolute atomic E-state index is 3.00. The molecule has 4 aliphatic rings. The summed E-state index contributed by atoms with van der Waals surface area (Å²) in [5.74, 6) is 3.84. The summed E-state index contributed by atoms with van der Waals surface area (Å²) in [5, 5.41) is 0. The highest BCUT2D eigenvalue weighted by atomic mass is 32.2. The topological polar surface area (TPSA) is 6.48 Å². The van der Waals surface area contributed by atoms with Crippen molar-refractivity contribution >= 4 is 11.8 Å². The van der Waals surface area contributed by atoms with Gasteiger partial charge in [0.2, 0.25) is 0 Å². The summed E-state index contributed by atoms with van der Waals surface area (Å²) < 4.78 is 0. The largest absolute Gasteiger partial charge is 0.298 e. The number of nitrogens with zero attached hydrogens (tertiary/aromatic N) is 2. The van der Waals surface area contributed by atoms with Crippen molar-refractivity contribution in [1.29, 1.82) is 0 Å². The lowest BCUT2D eigenvalue weighted by molar-refractivity contribution is -0.0185. The Morgan fingerprint density at radius 1 is 0.800 bits per heavy atom. The lowest BCUT2D eigenvalue weighted by Crippen LogP contribution is -2.62. The quantitative estimate of drug-likeness (QED) is 0.772. The van der Waals surface area contributed by atoms with E-state index in [-0.39, 0.29) is 0 Å². The van der Waals surface area contributed by atoms with Gasteiger partial charge >= 0.3 is 0 Å². The Kier molecular flexibility index (Phi) is 4.29. The fraction of sp³-hybridized carbons (Fsp3) is 1.00. The average molecular weight is 295 g/mol. The molecule has 3 aliphatic heterocycles. The first-order chi connectivity index (χ1) is 9.93. The molecule has 114 valence electrons. The molecule has 0 N–H and O–H groups in total. The van der Waals surface area contributed by atoms with Gasteiger partial charge in [0.05, 0.1) is 0 Å². The molecule has 0 aromatic rings. The van der Waals surface area contributed by atoms with Crippen molar-refractivity contribution in [3.8, 4) is 0 Å². The lowest BCUT2D eigenvalue weighted by atomic mass is 9.78. The zero-order valence-electron chi connectivity index (χ0n) is 12.8. The number of rotatable bonds is 2. The summed E-state index contributed by atoms with van der Waals surface area (Å²) in [4.78, 5) is 5.85. The summed E-state index contributed by atoms with van der Waals surface area (Å²) in [5.41, 5.74) is 0. The molecule has 0 aromatic heterocycles. The van der Waals surface area contributed by atoms with E-state index in [0.717, 1.165) is 24.0 Å². The highest BCUT2D eigenvalue weighted by molar-refractivity contribution is 7.99. The molecule has 0 spiro atoms. The first-order valence-corrected chi connectivity index (χ1v) is 10.2. The van der Waals surface area contributed by atoms with Crippen LogP contribution in [0.2, 0.25) is 0 Å². The third-order valence-corrected chi connectivity index (χ3v) is 7.49. The summed E-state index contributed by atoms with van der Waals surface area (Å²) >= 11 is 2.19. The van der Waals surface area contributed by atoms with Crippen LogP contribution in [0, 0.1) is 5.92 Å². The Labute approximate surface area is 128 Å². The van der Waals surface area contributed by atoms with E-state index in [2.05, 4.69) is 21.6 Å². The third-order valence-electron chi connectivity index (χ3n) is 6.34. The van der Waals surface area contributed by atoms with E-state index >= 15 is 0 Å². The van der Waals surface area contributed by atoms with Gasteiger partial charge in [-0.1, -0.05) is 19.3 Å². The van der Waals surface area contributed by atoms with Crippen molar-refractivity contribution in [2.75, 3.05) is 31.1 Å². The van der Waals surface area contributed by atoms with Crippen LogP contribution in [-0.2, 0) is 0 Å². The molecule has 0 radical (unpaired) electrons. The van der Waals surface area contributed by atoms with E-state index in [1.54, 1.807) is 0 Å². The van der Waals surface area contributed by atoms with Crippen molar-refractivity contribution in [3.63, 3.8) is 0 Å². The van der Waals surface area contributed by atoms with Crippen LogP contribution in [0.15, 0.2) is 0 Å². The molecule has 2 nitrogen and oxygen atoms in total. The molecule has 3 heterocycles. The van der Waals surface area contributed by atoms with E-state index in [1.165, 1.54) is 82.5 Å². The van der Waals surface area contributed by atoms with Gasteiger partial charge in [0.1, 0.15) is 0 Å². The van der Waals surface area contributed by atoms with E-state index in [4.69, 9.17) is 0 Å². The molecule has 0 bridgehead atoms. The second-order valence-corrected chi connectivity index (χ2v) is 8.54. The predicted molar refractivity (Wildman–Crippen MR) is 87.4 cm³/mol. The highest BCUT2D eigenvalue weighted by Gasteiger charge is 2.45. The van der Waals surface area contributed by atoms with Crippen molar-refractivity contribution in [1.82, 2.24) is 9.80 Å². The monoisotopic (exact) mass is 294 g/mol. The van der Waals surface area contributed by atoms with Crippen LogP contribution in [0.3, 0.4) is 0 Å². The van der Waals surface area contributed by atoms with Gasteiger partial charge in [0, 0.05) is 37.0 Å². The van der Waals surface area contributed by atoms with Crippen molar-refractivity contribution < 1.29 is 0 Å². The molecule has 20 heavy (non-hydrogen) atoms.